The van der Waals surface area contributed by atoms with E-state index in [0.29, 0.717) is 19.6 Å². The van der Waals surface area contributed by atoms with Gasteiger partial charge in [0.1, 0.15) is 6.10 Å². The van der Waals surface area contributed by atoms with Gasteiger partial charge in [0, 0.05) is 18.9 Å². The van der Waals surface area contributed by atoms with E-state index in [1.165, 1.54) is 11.1 Å². The summed E-state index contributed by atoms with van der Waals surface area (Å²) in [6.45, 7) is 1.80. The first-order valence-corrected chi connectivity index (χ1v) is 8.74. The molecule has 134 valence electrons. The second-order valence-corrected chi connectivity index (χ2v) is 6.42. The SMILES string of the molecule is O=C(Cc1cn[nH]c1)NCC1OCCc2cn(Cc3ccccc3)nc21. The van der Waals surface area contributed by atoms with Crippen molar-refractivity contribution < 1.29 is 9.53 Å². The molecule has 26 heavy (non-hydrogen) atoms. The molecule has 1 unspecified atom stereocenters. The lowest BCUT2D eigenvalue weighted by molar-refractivity contribution is -0.121. The molecule has 3 aromatic rings. The van der Waals surface area contributed by atoms with Gasteiger partial charge in [0.2, 0.25) is 5.91 Å². The lowest BCUT2D eigenvalue weighted by atomic mass is 10.1. The Morgan fingerprint density at radius 3 is 3.00 bits per heavy atom. The molecular formula is C19H21N5O2. The number of nitrogens with zero attached hydrogens (tertiary/aromatic N) is 3. The number of carbonyl (C=O) groups excluding carboxylic acids is 1. The molecule has 2 aromatic heterocycles. The van der Waals surface area contributed by atoms with Crippen molar-refractivity contribution in [2.75, 3.05) is 13.2 Å². The number of hydrogen-bond donors (Lipinski definition) is 2. The molecule has 0 saturated heterocycles. The third-order valence-corrected chi connectivity index (χ3v) is 4.46. The van der Waals surface area contributed by atoms with E-state index in [-0.39, 0.29) is 12.0 Å². The van der Waals surface area contributed by atoms with E-state index in [1.54, 1.807) is 12.4 Å². The van der Waals surface area contributed by atoms with Crippen LogP contribution >= 0.6 is 0 Å². The van der Waals surface area contributed by atoms with Crippen LogP contribution in [0.1, 0.15) is 28.5 Å². The molecule has 0 spiro atoms. The molecule has 0 bridgehead atoms. The Hall–Kier alpha value is -2.93. The molecule has 0 aliphatic carbocycles. The van der Waals surface area contributed by atoms with Crippen LogP contribution in [0.5, 0.6) is 0 Å². The molecule has 3 heterocycles. The van der Waals surface area contributed by atoms with E-state index in [2.05, 4.69) is 33.8 Å². The monoisotopic (exact) mass is 351 g/mol. The summed E-state index contributed by atoms with van der Waals surface area (Å²) in [6.07, 6.45) is 6.41. The van der Waals surface area contributed by atoms with Gasteiger partial charge in [-0.1, -0.05) is 30.3 Å². The summed E-state index contributed by atoms with van der Waals surface area (Å²) in [7, 11) is 0. The summed E-state index contributed by atoms with van der Waals surface area (Å²) in [5.41, 5.74) is 4.19. The number of carbonyl (C=O) groups is 1. The zero-order valence-electron chi connectivity index (χ0n) is 14.4. The average Bonchev–Trinajstić information content (AvgIpc) is 3.30. The number of ether oxygens (including phenoxy) is 1. The maximum absolute atomic E-state index is 12.1. The fourth-order valence-electron chi connectivity index (χ4n) is 3.17. The highest BCUT2D eigenvalue weighted by atomic mass is 16.5. The quantitative estimate of drug-likeness (QED) is 0.707. The third-order valence-electron chi connectivity index (χ3n) is 4.46. The lowest BCUT2D eigenvalue weighted by Gasteiger charge is -2.22. The molecule has 1 aromatic carbocycles. The number of rotatable bonds is 6. The first kappa shape index (κ1) is 16.5. The van der Waals surface area contributed by atoms with Crippen molar-refractivity contribution in [2.24, 2.45) is 0 Å². The van der Waals surface area contributed by atoms with Gasteiger partial charge in [-0.15, -0.1) is 0 Å². The number of fused-ring (bicyclic) bond motifs is 1. The molecule has 1 atom stereocenters. The second-order valence-electron chi connectivity index (χ2n) is 6.42. The van der Waals surface area contributed by atoms with Crippen molar-refractivity contribution in [1.82, 2.24) is 25.3 Å². The number of aromatic nitrogens is 4. The van der Waals surface area contributed by atoms with E-state index in [4.69, 9.17) is 9.84 Å². The highest BCUT2D eigenvalue weighted by Gasteiger charge is 2.25. The van der Waals surface area contributed by atoms with Gasteiger partial charge in [-0.3, -0.25) is 14.6 Å². The molecule has 2 N–H and O–H groups in total. The van der Waals surface area contributed by atoms with Crippen LogP contribution in [-0.4, -0.2) is 39.0 Å². The Morgan fingerprint density at radius 2 is 2.19 bits per heavy atom. The Kier molecular flexibility index (Phi) is 4.79. The van der Waals surface area contributed by atoms with Crippen LogP contribution in [0.25, 0.3) is 0 Å². The maximum atomic E-state index is 12.1. The zero-order valence-corrected chi connectivity index (χ0v) is 14.4. The fourth-order valence-corrected chi connectivity index (χ4v) is 3.17. The third kappa shape index (κ3) is 3.83. The molecular weight excluding hydrogens is 330 g/mol. The summed E-state index contributed by atoms with van der Waals surface area (Å²) in [5.74, 6) is -0.0501. The first-order chi connectivity index (χ1) is 12.8. The number of benzene rings is 1. The number of amides is 1. The highest BCUT2D eigenvalue weighted by Crippen LogP contribution is 2.25. The van der Waals surface area contributed by atoms with E-state index in [1.807, 2.05) is 22.9 Å². The van der Waals surface area contributed by atoms with Gasteiger partial charge in [0.05, 0.1) is 31.5 Å². The molecule has 7 nitrogen and oxygen atoms in total. The van der Waals surface area contributed by atoms with Crippen LogP contribution in [-0.2, 0) is 28.9 Å². The Bertz CT molecular complexity index is 857. The van der Waals surface area contributed by atoms with Crippen LogP contribution < -0.4 is 5.32 Å². The van der Waals surface area contributed by atoms with E-state index in [0.717, 1.165) is 24.2 Å². The smallest absolute Gasteiger partial charge is 0.224 e. The normalized spacial score (nSPS) is 16.2. The molecule has 0 saturated carbocycles. The minimum atomic E-state index is -0.205. The van der Waals surface area contributed by atoms with Gasteiger partial charge in [0.15, 0.2) is 0 Å². The number of H-pyrrole nitrogens is 1. The van der Waals surface area contributed by atoms with Crippen molar-refractivity contribution in [1.29, 1.82) is 0 Å². The van der Waals surface area contributed by atoms with Gasteiger partial charge in [-0.05, 0) is 23.1 Å². The largest absolute Gasteiger partial charge is 0.370 e. The minimum absolute atomic E-state index is 0.0501. The Morgan fingerprint density at radius 1 is 1.31 bits per heavy atom. The molecule has 1 aliphatic rings. The first-order valence-electron chi connectivity index (χ1n) is 8.74. The number of hydrogen-bond acceptors (Lipinski definition) is 4. The molecule has 1 aliphatic heterocycles. The highest BCUT2D eigenvalue weighted by molar-refractivity contribution is 5.78. The minimum Gasteiger partial charge on any atom is -0.370 e. The standard InChI is InChI=1S/C19H21N5O2/c25-18(8-15-9-21-22-10-15)20-11-17-19-16(6-7-26-17)13-24(23-19)12-14-4-2-1-3-5-14/h1-5,9-10,13,17H,6-8,11-12H2,(H,20,25)(H,21,22). The van der Waals surface area contributed by atoms with E-state index in [9.17, 15) is 4.79 Å². The zero-order chi connectivity index (χ0) is 17.8. The fraction of sp³-hybridized carbons (Fsp3) is 0.316. The van der Waals surface area contributed by atoms with Crippen molar-refractivity contribution in [3.63, 3.8) is 0 Å². The Labute approximate surface area is 151 Å². The van der Waals surface area contributed by atoms with Gasteiger partial charge in [-0.25, -0.2) is 0 Å². The summed E-state index contributed by atoms with van der Waals surface area (Å²) >= 11 is 0. The summed E-state index contributed by atoms with van der Waals surface area (Å²) in [6, 6.07) is 10.2. The van der Waals surface area contributed by atoms with Crippen LogP contribution in [0.4, 0.5) is 0 Å². The second kappa shape index (κ2) is 7.53. The molecule has 7 heteroatoms. The summed E-state index contributed by atoms with van der Waals surface area (Å²) in [5, 5.41) is 14.2. The van der Waals surface area contributed by atoms with Crippen LogP contribution in [0.15, 0.2) is 48.9 Å². The van der Waals surface area contributed by atoms with Crippen molar-refractivity contribution >= 4 is 5.91 Å². The summed E-state index contributed by atoms with van der Waals surface area (Å²) in [4.78, 5) is 12.1. The van der Waals surface area contributed by atoms with E-state index < -0.39 is 0 Å². The molecule has 4 rings (SSSR count). The van der Waals surface area contributed by atoms with E-state index >= 15 is 0 Å². The van der Waals surface area contributed by atoms with Gasteiger partial charge >= 0.3 is 0 Å². The van der Waals surface area contributed by atoms with Gasteiger partial charge in [-0.2, -0.15) is 10.2 Å². The molecule has 1 amide bonds. The summed E-state index contributed by atoms with van der Waals surface area (Å²) < 4.78 is 7.80. The molecule has 0 radical (unpaired) electrons. The Balaban J connectivity index is 1.39. The average molecular weight is 351 g/mol. The van der Waals surface area contributed by atoms with Gasteiger partial charge < -0.3 is 10.1 Å². The van der Waals surface area contributed by atoms with Crippen molar-refractivity contribution in [2.45, 2.75) is 25.5 Å². The van der Waals surface area contributed by atoms with Gasteiger partial charge in [0.25, 0.3) is 0 Å². The van der Waals surface area contributed by atoms with Crippen LogP contribution in [0, 0.1) is 0 Å². The number of nitrogens with one attached hydrogen (secondary N) is 2. The van der Waals surface area contributed by atoms with Crippen LogP contribution in [0.2, 0.25) is 0 Å². The predicted octanol–water partition coefficient (Wildman–Crippen LogP) is 1.63. The van der Waals surface area contributed by atoms with Crippen LogP contribution in [0.3, 0.4) is 0 Å². The maximum Gasteiger partial charge on any atom is 0.224 e. The van der Waals surface area contributed by atoms with Crippen molar-refractivity contribution in [3.05, 3.63) is 71.3 Å². The number of aromatic amines is 1. The topological polar surface area (TPSA) is 84.8 Å². The van der Waals surface area contributed by atoms with Crippen molar-refractivity contribution in [3.8, 4) is 0 Å². The predicted molar refractivity (Wildman–Crippen MR) is 95.5 cm³/mol. The lowest BCUT2D eigenvalue weighted by Crippen LogP contribution is -2.32. The molecule has 0 fully saturated rings.